The molecule has 0 N–H and O–H groups in total. The number of rotatable bonds is 4. The second-order valence-corrected chi connectivity index (χ2v) is 5.06. The first-order valence-corrected chi connectivity index (χ1v) is 6.95. The highest BCUT2D eigenvalue weighted by Crippen LogP contribution is 2.18. The molecule has 0 bridgehead atoms. The number of aromatic nitrogens is 1. The smallest absolute Gasteiger partial charge is 0.119 e. The van der Waals surface area contributed by atoms with E-state index in [1.165, 1.54) is 5.56 Å². The first-order valence-electron chi connectivity index (χ1n) is 6.95. The van der Waals surface area contributed by atoms with Crippen molar-refractivity contribution in [1.82, 2.24) is 4.57 Å². The minimum Gasteiger partial charge on any atom is -0.492 e. The van der Waals surface area contributed by atoms with Gasteiger partial charge in [-0.3, -0.25) is 0 Å². The average molecular weight is 276 g/mol. The Bertz CT molecular complexity index is 794. The Morgan fingerprint density at radius 2 is 1.90 bits per heavy atom. The van der Waals surface area contributed by atoms with Gasteiger partial charge in [-0.15, -0.1) is 0 Å². The van der Waals surface area contributed by atoms with Crippen molar-refractivity contribution >= 4 is 10.9 Å². The molecule has 0 amide bonds. The molecule has 0 saturated heterocycles. The van der Waals surface area contributed by atoms with Crippen molar-refractivity contribution in [3.8, 4) is 11.8 Å². The van der Waals surface area contributed by atoms with E-state index in [4.69, 9.17) is 10.00 Å². The molecule has 0 unspecified atom stereocenters. The quantitative estimate of drug-likeness (QED) is 0.724. The van der Waals surface area contributed by atoms with Gasteiger partial charge >= 0.3 is 0 Å². The zero-order valence-electron chi connectivity index (χ0n) is 11.9. The molecule has 0 spiro atoms. The lowest BCUT2D eigenvalue weighted by molar-refractivity contribution is 0.300. The van der Waals surface area contributed by atoms with Crippen molar-refractivity contribution < 1.29 is 4.74 Å². The van der Waals surface area contributed by atoms with Crippen LogP contribution in [0.25, 0.3) is 10.9 Å². The van der Waals surface area contributed by atoms with Crippen LogP contribution in [0.3, 0.4) is 0 Å². The summed E-state index contributed by atoms with van der Waals surface area (Å²) in [5.74, 6) is 0.884. The maximum atomic E-state index is 8.99. The molecule has 3 heteroatoms. The van der Waals surface area contributed by atoms with E-state index in [0.29, 0.717) is 12.2 Å². The minimum atomic E-state index is 0.601. The molecule has 3 rings (SSSR count). The second-order valence-electron chi connectivity index (χ2n) is 5.06. The lowest BCUT2D eigenvalue weighted by atomic mass is 10.2. The van der Waals surface area contributed by atoms with Gasteiger partial charge in [-0.25, -0.2) is 0 Å². The van der Waals surface area contributed by atoms with Crippen LogP contribution in [0, 0.1) is 18.3 Å². The van der Waals surface area contributed by atoms with Gasteiger partial charge in [0.05, 0.1) is 18.2 Å². The van der Waals surface area contributed by atoms with Crippen molar-refractivity contribution in [2.75, 3.05) is 6.61 Å². The Morgan fingerprint density at radius 1 is 1.10 bits per heavy atom. The van der Waals surface area contributed by atoms with Crippen LogP contribution in [0.5, 0.6) is 5.75 Å². The fourth-order valence-corrected chi connectivity index (χ4v) is 2.34. The molecule has 0 aliphatic carbocycles. The van der Waals surface area contributed by atoms with Gasteiger partial charge in [-0.05, 0) is 42.6 Å². The van der Waals surface area contributed by atoms with E-state index in [2.05, 4.69) is 23.6 Å². The Hall–Kier alpha value is -2.73. The van der Waals surface area contributed by atoms with Gasteiger partial charge in [0.1, 0.15) is 12.4 Å². The summed E-state index contributed by atoms with van der Waals surface area (Å²) in [6.07, 6.45) is 2.03. The maximum Gasteiger partial charge on any atom is 0.119 e. The molecule has 21 heavy (non-hydrogen) atoms. The first kappa shape index (κ1) is 13.3. The van der Waals surface area contributed by atoms with Crippen LogP contribution in [-0.2, 0) is 6.54 Å². The van der Waals surface area contributed by atoms with Crippen LogP contribution in [0.4, 0.5) is 0 Å². The van der Waals surface area contributed by atoms with Gasteiger partial charge in [0.2, 0.25) is 0 Å². The average Bonchev–Trinajstić information content (AvgIpc) is 2.91. The third-order valence-electron chi connectivity index (χ3n) is 3.52. The van der Waals surface area contributed by atoms with Crippen LogP contribution in [0.2, 0.25) is 0 Å². The lowest BCUT2D eigenvalue weighted by Crippen LogP contribution is -2.07. The van der Waals surface area contributed by atoms with Crippen molar-refractivity contribution in [3.05, 3.63) is 65.9 Å². The molecule has 1 aromatic heterocycles. The molecule has 0 atom stereocenters. The monoisotopic (exact) mass is 276 g/mol. The lowest BCUT2D eigenvalue weighted by Gasteiger charge is -2.08. The van der Waals surface area contributed by atoms with Crippen LogP contribution < -0.4 is 4.74 Å². The van der Waals surface area contributed by atoms with Gasteiger partial charge in [0.25, 0.3) is 0 Å². The molecular formula is C18H16N2O. The number of benzene rings is 2. The Kier molecular flexibility index (Phi) is 3.61. The van der Waals surface area contributed by atoms with Crippen molar-refractivity contribution in [3.63, 3.8) is 0 Å². The maximum absolute atomic E-state index is 8.99. The summed E-state index contributed by atoms with van der Waals surface area (Å²) in [5, 5.41) is 10.1. The zero-order valence-corrected chi connectivity index (χ0v) is 11.9. The van der Waals surface area contributed by atoms with E-state index >= 15 is 0 Å². The molecule has 0 radical (unpaired) electrons. The summed E-state index contributed by atoms with van der Waals surface area (Å²) in [7, 11) is 0. The van der Waals surface area contributed by atoms with Gasteiger partial charge in [0, 0.05) is 11.7 Å². The SMILES string of the molecule is Cc1ccc(OCCn2ccc3ccc(C#N)cc32)cc1. The van der Waals surface area contributed by atoms with Crippen LogP contribution in [-0.4, -0.2) is 11.2 Å². The zero-order chi connectivity index (χ0) is 14.7. The molecule has 3 nitrogen and oxygen atoms in total. The van der Waals surface area contributed by atoms with E-state index in [1.54, 1.807) is 0 Å². The summed E-state index contributed by atoms with van der Waals surface area (Å²) >= 11 is 0. The summed E-state index contributed by atoms with van der Waals surface area (Å²) in [6.45, 7) is 3.42. The predicted molar refractivity (Wildman–Crippen MR) is 83.3 cm³/mol. The normalized spacial score (nSPS) is 10.5. The van der Waals surface area contributed by atoms with Crippen molar-refractivity contribution in [1.29, 1.82) is 5.26 Å². The molecule has 2 aromatic carbocycles. The Morgan fingerprint density at radius 3 is 2.67 bits per heavy atom. The second kappa shape index (κ2) is 5.72. The standard InChI is InChI=1S/C18H16N2O/c1-14-2-6-17(7-3-14)21-11-10-20-9-8-16-5-4-15(13-19)12-18(16)20/h2-9,12H,10-11H2,1H3. The number of aryl methyl sites for hydroxylation is 1. The predicted octanol–water partition coefficient (Wildman–Crippen LogP) is 3.90. The highest BCUT2D eigenvalue weighted by molar-refractivity contribution is 5.81. The molecule has 1 heterocycles. The van der Waals surface area contributed by atoms with Crippen LogP contribution in [0.15, 0.2) is 54.7 Å². The van der Waals surface area contributed by atoms with Gasteiger partial charge in [-0.1, -0.05) is 23.8 Å². The number of hydrogen-bond donors (Lipinski definition) is 0. The molecular weight excluding hydrogens is 260 g/mol. The van der Waals surface area contributed by atoms with Gasteiger partial charge in [0.15, 0.2) is 0 Å². The Balaban J connectivity index is 1.70. The topological polar surface area (TPSA) is 38.0 Å². The van der Waals surface area contributed by atoms with E-state index in [1.807, 2.05) is 48.7 Å². The minimum absolute atomic E-state index is 0.601. The highest BCUT2D eigenvalue weighted by atomic mass is 16.5. The van der Waals surface area contributed by atoms with Crippen molar-refractivity contribution in [2.24, 2.45) is 0 Å². The number of fused-ring (bicyclic) bond motifs is 1. The van der Waals surface area contributed by atoms with E-state index < -0.39 is 0 Å². The van der Waals surface area contributed by atoms with E-state index in [-0.39, 0.29) is 0 Å². The van der Waals surface area contributed by atoms with E-state index in [9.17, 15) is 0 Å². The van der Waals surface area contributed by atoms with Crippen LogP contribution >= 0.6 is 0 Å². The van der Waals surface area contributed by atoms with Gasteiger partial charge in [-0.2, -0.15) is 5.26 Å². The Labute approximate surface area is 124 Å². The summed E-state index contributed by atoms with van der Waals surface area (Å²) in [4.78, 5) is 0. The molecule has 0 aliphatic rings. The highest BCUT2D eigenvalue weighted by Gasteiger charge is 2.02. The van der Waals surface area contributed by atoms with Crippen molar-refractivity contribution in [2.45, 2.75) is 13.5 Å². The summed E-state index contributed by atoms with van der Waals surface area (Å²) < 4.78 is 7.87. The molecule has 0 aliphatic heterocycles. The fourth-order valence-electron chi connectivity index (χ4n) is 2.34. The third-order valence-corrected chi connectivity index (χ3v) is 3.52. The molecule has 3 aromatic rings. The summed E-state index contributed by atoms with van der Waals surface area (Å²) in [6, 6.07) is 18.0. The van der Waals surface area contributed by atoms with Crippen LogP contribution in [0.1, 0.15) is 11.1 Å². The number of hydrogen-bond acceptors (Lipinski definition) is 2. The largest absolute Gasteiger partial charge is 0.492 e. The number of ether oxygens (including phenoxy) is 1. The summed E-state index contributed by atoms with van der Waals surface area (Å²) in [5.41, 5.74) is 2.98. The molecule has 0 fully saturated rings. The molecule has 0 saturated carbocycles. The van der Waals surface area contributed by atoms with E-state index in [0.717, 1.165) is 23.2 Å². The molecule has 104 valence electrons. The number of nitriles is 1. The number of nitrogens with zero attached hydrogens (tertiary/aromatic N) is 2. The van der Waals surface area contributed by atoms with Gasteiger partial charge < -0.3 is 9.30 Å². The fraction of sp³-hybridized carbons (Fsp3) is 0.167. The third kappa shape index (κ3) is 2.90. The first-order chi connectivity index (χ1) is 10.3.